The van der Waals surface area contributed by atoms with Crippen molar-refractivity contribution in [1.82, 2.24) is 0 Å². The van der Waals surface area contributed by atoms with Crippen molar-refractivity contribution in [3.05, 3.63) is 71.8 Å². The van der Waals surface area contributed by atoms with Gasteiger partial charge in [0, 0.05) is 6.42 Å². The molecule has 2 aromatic carbocycles. The molecule has 0 aromatic heterocycles. The maximum Gasteiger partial charge on any atom is 0.157 e. The summed E-state index contributed by atoms with van der Waals surface area (Å²) in [6.45, 7) is 1.45. The maximum atomic E-state index is 9.73. The van der Waals surface area contributed by atoms with Gasteiger partial charge in [-0.15, -0.1) is 0 Å². The summed E-state index contributed by atoms with van der Waals surface area (Å²) in [5.41, 5.74) is 2.23. The summed E-state index contributed by atoms with van der Waals surface area (Å²) >= 11 is 0. The molecule has 1 fully saturated rings. The number of hydrogen-bond donors (Lipinski definition) is 1. The van der Waals surface area contributed by atoms with Crippen LogP contribution >= 0.6 is 0 Å². The average Bonchev–Trinajstić information content (AvgIpc) is 2.95. The number of hydrogen-bond acceptors (Lipinski definition) is 4. The number of aliphatic hydroxyl groups is 1. The SMILES string of the molecule is O[C@@H]1C[C@H](OCc2ccccc2)[C@@H](COCc2ccccc2)O1. The third-order valence-corrected chi connectivity index (χ3v) is 3.88. The molecule has 3 atom stereocenters. The predicted octanol–water partition coefficient (Wildman–Crippen LogP) is 2.90. The highest BCUT2D eigenvalue weighted by atomic mass is 16.6. The summed E-state index contributed by atoms with van der Waals surface area (Å²) in [5.74, 6) is 0. The van der Waals surface area contributed by atoms with Crippen LogP contribution in [0.2, 0.25) is 0 Å². The standard InChI is InChI=1S/C19H22O4/c20-19-11-17(22-13-16-9-5-2-6-10-16)18(23-19)14-21-12-15-7-3-1-4-8-15/h1-10,17-20H,11-14H2/t17-,18+,19-/m0/s1. The molecule has 1 heterocycles. The van der Waals surface area contributed by atoms with E-state index in [9.17, 15) is 5.11 Å². The van der Waals surface area contributed by atoms with Crippen molar-refractivity contribution in [3.63, 3.8) is 0 Å². The number of benzene rings is 2. The first-order valence-corrected chi connectivity index (χ1v) is 7.92. The predicted molar refractivity (Wildman–Crippen MR) is 86.6 cm³/mol. The van der Waals surface area contributed by atoms with Gasteiger partial charge in [-0.3, -0.25) is 0 Å². The quantitative estimate of drug-likeness (QED) is 0.854. The Bertz CT molecular complexity index is 572. The topological polar surface area (TPSA) is 47.9 Å². The summed E-state index contributed by atoms with van der Waals surface area (Å²) < 4.78 is 17.1. The van der Waals surface area contributed by atoms with Crippen molar-refractivity contribution in [2.45, 2.75) is 38.1 Å². The van der Waals surface area contributed by atoms with Gasteiger partial charge >= 0.3 is 0 Å². The highest BCUT2D eigenvalue weighted by molar-refractivity contribution is 5.14. The maximum absolute atomic E-state index is 9.73. The molecular weight excluding hydrogens is 292 g/mol. The van der Waals surface area contributed by atoms with Gasteiger partial charge in [-0.05, 0) is 11.1 Å². The Labute approximate surface area is 136 Å². The lowest BCUT2D eigenvalue weighted by molar-refractivity contribution is -0.122. The molecule has 0 unspecified atom stereocenters. The van der Waals surface area contributed by atoms with Crippen LogP contribution < -0.4 is 0 Å². The van der Waals surface area contributed by atoms with Crippen LogP contribution in [0.15, 0.2) is 60.7 Å². The zero-order chi connectivity index (χ0) is 15.9. The van der Waals surface area contributed by atoms with Crippen LogP contribution in [-0.4, -0.2) is 30.2 Å². The van der Waals surface area contributed by atoms with Crippen LogP contribution in [0.25, 0.3) is 0 Å². The average molecular weight is 314 g/mol. The van der Waals surface area contributed by atoms with Gasteiger partial charge in [0.25, 0.3) is 0 Å². The Morgan fingerprint density at radius 2 is 1.52 bits per heavy atom. The van der Waals surface area contributed by atoms with Gasteiger partial charge in [0.2, 0.25) is 0 Å². The van der Waals surface area contributed by atoms with E-state index in [1.165, 1.54) is 0 Å². The molecule has 1 N–H and O–H groups in total. The van der Waals surface area contributed by atoms with Gasteiger partial charge in [-0.1, -0.05) is 60.7 Å². The zero-order valence-electron chi connectivity index (χ0n) is 13.0. The fourth-order valence-corrected chi connectivity index (χ4v) is 2.66. The molecular formula is C19H22O4. The minimum absolute atomic E-state index is 0.152. The minimum atomic E-state index is -0.777. The molecule has 1 saturated heterocycles. The Kier molecular flexibility index (Phi) is 5.77. The van der Waals surface area contributed by atoms with Crippen LogP contribution in [0.4, 0.5) is 0 Å². The molecule has 23 heavy (non-hydrogen) atoms. The van der Waals surface area contributed by atoms with Crippen LogP contribution in [0, 0.1) is 0 Å². The smallest absolute Gasteiger partial charge is 0.157 e. The van der Waals surface area contributed by atoms with Crippen LogP contribution in [0.5, 0.6) is 0 Å². The van der Waals surface area contributed by atoms with Gasteiger partial charge in [0.1, 0.15) is 6.10 Å². The first-order chi connectivity index (χ1) is 11.3. The van der Waals surface area contributed by atoms with Crippen molar-refractivity contribution in [2.24, 2.45) is 0 Å². The Morgan fingerprint density at radius 1 is 0.913 bits per heavy atom. The second-order valence-electron chi connectivity index (χ2n) is 5.70. The normalized spacial score (nSPS) is 24.0. The highest BCUT2D eigenvalue weighted by Gasteiger charge is 2.35. The summed E-state index contributed by atoms with van der Waals surface area (Å²) in [7, 11) is 0. The second-order valence-corrected chi connectivity index (χ2v) is 5.70. The molecule has 0 aliphatic carbocycles. The fraction of sp³-hybridized carbons (Fsp3) is 0.368. The fourth-order valence-electron chi connectivity index (χ4n) is 2.66. The molecule has 0 spiro atoms. The minimum Gasteiger partial charge on any atom is -0.374 e. The summed E-state index contributed by atoms with van der Waals surface area (Å²) in [6.07, 6.45) is -0.689. The zero-order valence-corrected chi connectivity index (χ0v) is 13.0. The molecule has 1 aliphatic rings. The Balaban J connectivity index is 1.47. The van der Waals surface area contributed by atoms with Crippen molar-refractivity contribution >= 4 is 0 Å². The third kappa shape index (κ3) is 4.88. The van der Waals surface area contributed by atoms with E-state index < -0.39 is 6.29 Å². The summed E-state index contributed by atoms with van der Waals surface area (Å²) in [6, 6.07) is 20.0. The number of rotatable bonds is 7. The van der Waals surface area contributed by atoms with E-state index in [0.29, 0.717) is 26.2 Å². The van der Waals surface area contributed by atoms with Crippen molar-refractivity contribution in [1.29, 1.82) is 0 Å². The van der Waals surface area contributed by atoms with Gasteiger partial charge < -0.3 is 19.3 Å². The largest absolute Gasteiger partial charge is 0.374 e. The monoisotopic (exact) mass is 314 g/mol. The van der Waals surface area contributed by atoms with Gasteiger partial charge in [0.15, 0.2) is 6.29 Å². The summed E-state index contributed by atoms with van der Waals surface area (Å²) in [5, 5.41) is 9.73. The van der Waals surface area contributed by atoms with Gasteiger partial charge in [-0.25, -0.2) is 0 Å². The van der Waals surface area contributed by atoms with E-state index >= 15 is 0 Å². The molecule has 1 aliphatic heterocycles. The first kappa shape index (κ1) is 16.1. The summed E-state index contributed by atoms with van der Waals surface area (Å²) in [4.78, 5) is 0. The molecule has 122 valence electrons. The van der Waals surface area contributed by atoms with Gasteiger partial charge in [0.05, 0.1) is 25.9 Å². The highest BCUT2D eigenvalue weighted by Crippen LogP contribution is 2.23. The van der Waals surface area contributed by atoms with E-state index in [1.807, 2.05) is 60.7 Å². The molecule has 0 bridgehead atoms. The lowest BCUT2D eigenvalue weighted by atomic mass is 10.2. The van der Waals surface area contributed by atoms with E-state index in [2.05, 4.69) is 0 Å². The lowest BCUT2D eigenvalue weighted by Crippen LogP contribution is -2.29. The molecule has 3 rings (SSSR count). The molecule has 0 saturated carbocycles. The second kappa shape index (κ2) is 8.22. The third-order valence-electron chi connectivity index (χ3n) is 3.88. The van der Waals surface area contributed by atoms with Crippen LogP contribution in [0.3, 0.4) is 0 Å². The number of aliphatic hydroxyl groups excluding tert-OH is 1. The molecule has 0 amide bonds. The van der Waals surface area contributed by atoms with E-state index in [4.69, 9.17) is 14.2 Å². The number of ether oxygens (including phenoxy) is 3. The van der Waals surface area contributed by atoms with Crippen LogP contribution in [-0.2, 0) is 27.4 Å². The Hall–Kier alpha value is -1.72. The van der Waals surface area contributed by atoms with Crippen LogP contribution in [0.1, 0.15) is 17.5 Å². The molecule has 0 radical (unpaired) electrons. The van der Waals surface area contributed by atoms with Crippen molar-refractivity contribution in [2.75, 3.05) is 6.61 Å². The first-order valence-electron chi connectivity index (χ1n) is 7.92. The molecule has 4 heteroatoms. The van der Waals surface area contributed by atoms with E-state index in [-0.39, 0.29) is 12.2 Å². The Morgan fingerprint density at radius 3 is 2.17 bits per heavy atom. The lowest BCUT2D eigenvalue weighted by Gasteiger charge is -2.19. The molecule has 4 nitrogen and oxygen atoms in total. The van der Waals surface area contributed by atoms with E-state index in [1.54, 1.807) is 0 Å². The van der Waals surface area contributed by atoms with Gasteiger partial charge in [-0.2, -0.15) is 0 Å². The van der Waals surface area contributed by atoms with Crippen molar-refractivity contribution in [3.8, 4) is 0 Å². The molecule has 2 aromatic rings. The van der Waals surface area contributed by atoms with E-state index in [0.717, 1.165) is 11.1 Å². The van der Waals surface area contributed by atoms with Crippen molar-refractivity contribution < 1.29 is 19.3 Å².